The van der Waals surface area contributed by atoms with Crippen LogP contribution < -0.4 is 20.1 Å². The first kappa shape index (κ1) is 24.1. The van der Waals surface area contributed by atoms with Gasteiger partial charge in [-0.2, -0.15) is 0 Å². The zero-order valence-electron chi connectivity index (χ0n) is 19.5. The van der Waals surface area contributed by atoms with Crippen molar-refractivity contribution >= 4 is 50.7 Å². The largest absolute Gasteiger partial charge is 0.493 e. The summed E-state index contributed by atoms with van der Waals surface area (Å²) >= 11 is 1.45. The van der Waals surface area contributed by atoms with E-state index in [0.717, 1.165) is 15.8 Å². The first-order valence-electron chi connectivity index (χ1n) is 10.3. The Bertz CT molecular complexity index is 1230. The molecular formula is C23H27N3O6S. The Morgan fingerprint density at radius 3 is 2.36 bits per heavy atom. The lowest BCUT2D eigenvalue weighted by molar-refractivity contribution is -0.116. The maximum atomic E-state index is 13.0. The minimum Gasteiger partial charge on any atom is -0.493 e. The molecule has 2 heterocycles. The van der Waals surface area contributed by atoms with Gasteiger partial charge < -0.3 is 29.4 Å². The first-order chi connectivity index (χ1) is 15.7. The minimum absolute atomic E-state index is 0.138. The van der Waals surface area contributed by atoms with Crippen molar-refractivity contribution in [1.82, 2.24) is 4.57 Å². The van der Waals surface area contributed by atoms with Crippen molar-refractivity contribution in [3.63, 3.8) is 0 Å². The van der Waals surface area contributed by atoms with Gasteiger partial charge in [-0.05, 0) is 38.5 Å². The van der Waals surface area contributed by atoms with Gasteiger partial charge >= 0.3 is 5.97 Å². The number of methoxy groups -OCH3 is 2. The van der Waals surface area contributed by atoms with Gasteiger partial charge in [0.2, 0.25) is 11.8 Å². The SMILES string of the molecule is CCOC(=O)c1c(NC(C)=O)c2c(C)c(C)sc2n1CC(=O)Nc1ccc(OC)c(OC)c1. The number of hydrogen-bond acceptors (Lipinski definition) is 7. The standard InChI is InChI=1S/C23H27N3O6S/c1-7-32-23(29)21-20(24-14(4)27)19-12(2)13(3)33-22(19)26(21)11-18(28)25-15-8-9-16(30-5)17(10-15)31-6/h8-10H,7,11H2,1-6H3,(H,24,27)(H,25,28). The highest BCUT2D eigenvalue weighted by Crippen LogP contribution is 2.40. The van der Waals surface area contributed by atoms with Gasteiger partial charge in [-0.3, -0.25) is 9.59 Å². The zero-order valence-corrected chi connectivity index (χ0v) is 20.3. The Morgan fingerprint density at radius 1 is 1.06 bits per heavy atom. The molecule has 9 nitrogen and oxygen atoms in total. The van der Waals surface area contributed by atoms with Crippen molar-refractivity contribution in [3.05, 3.63) is 34.3 Å². The topological polar surface area (TPSA) is 108 Å². The molecule has 0 aliphatic carbocycles. The summed E-state index contributed by atoms with van der Waals surface area (Å²) in [5, 5.41) is 6.32. The molecule has 0 radical (unpaired) electrons. The van der Waals surface area contributed by atoms with E-state index in [4.69, 9.17) is 14.2 Å². The lowest BCUT2D eigenvalue weighted by Gasteiger charge is -2.13. The molecule has 2 aromatic heterocycles. The lowest BCUT2D eigenvalue weighted by atomic mass is 10.2. The molecular weight excluding hydrogens is 446 g/mol. The molecule has 0 saturated carbocycles. The van der Waals surface area contributed by atoms with Crippen LogP contribution in [0, 0.1) is 13.8 Å². The Kier molecular flexibility index (Phi) is 7.27. The summed E-state index contributed by atoms with van der Waals surface area (Å²) in [5.74, 6) is -0.277. The molecule has 3 aromatic rings. The average Bonchev–Trinajstić information content (AvgIpc) is 3.21. The Labute approximate surface area is 195 Å². The average molecular weight is 474 g/mol. The van der Waals surface area contributed by atoms with E-state index in [0.29, 0.717) is 27.7 Å². The molecule has 2 amide bonds. The summed E-state index contributed by atoms with van der Waals surface area (Å²) in [6.07, 6.45) is 0. The maximum Gasteiger partial charge on any atom is 0.357 e. The lowest BCUT2D eigenvalue weighted by Crippen LogP contribution is -2.23. The van der Waals surface area contributed by atoms with Gasteiger partial charge in [0, 0.05) is 28.9 Å². The van der Waals surface area contributed by atoms with Crippen molar-refractivity contribution in [2.75, 3.05) is 31.5 Å². The van der Waals surface area contributed by atoms with E-state index >= 15 is 0 Å². The summed E-state index contributed by atoms with van der Waals surface area (Å²) in [5.41, 5.74) is 1.94. The first-order valence-corrected chi connectivity index (χ1v) is 11.1. The van der Waals surface area contributed by atoms with Gasteiger partial charge in [0.25, 0.3) is 0 Å². The number of benzene rings is 1. The number of nitrogens with one attached hydrogen (secondary N) is 2. The predicted octanol–water partition coefficient (Wildman–Crippen LogP) is 4.11. The van der Waals surface area contributed by atoms with Crippen LogP contribution >= 0.6 is 11.3 Å². The number of esters is 1. The summed E-state index contributed by atoms with van der Waals surface area (Å²) in [6, 6.07) is 5.03. The second-order valence-corrected chi connectivity index (χ2v) is 8.50. The van der Waals surface area contributed by atoms with Crippen molar-refractivity contribution in [2.45, 2.75) is 34.2 Å². The van der Waals surface area contributed by atoms with Gasteiger partial charge in [0.1, 0.15) is 11.4 Å². The number of fused-ring (bicyclic) bond motifs is 1. The van der Waals surface area contributed by atoms with Crippen molar-refractivity contribution < 1.29 is 28.6 Å². The number of aromatic nitrogens is 1. The number of hydrogen-bond donors (Lipinski definition) is 2. The van der Waals surface area contributed by atoms with Gasteiger partial charge in [-0.15, -0.1) is 11.3 Å². The maximum absolute atomic E-state index is 13.0. The van der Waals surface area contributed by atoms with Crippen LogP contribution in [0.3, 0.4) is 0 Å². The van der Waals surface area contributed by atoms with Crippen LogP contribution in [0.2, 0.25) is 0 Å². The molecule has 33 heavy (non-hydrogen) atoms. The van der Waals surface area contributed by atoms with Crippen LogP contribution in [0.15, 0.2) is 18.2 Å². The van der Waals surface area contributed by atoms with Crippen LogP contribution in [0.1, 0.15) is 34.8 Å². The molecule has 1 aromatic carbocycles. The molecule has 0 aliphatic heterocycles. The fourth-order valence-corrected chi connectivity index (χ4v) is 4.74. The molecule has 10 heteroatoms. The van der Waals surface area contributed by atoms with E-state index in [2.05, 4.69) is 10.6 Å². The molecule has 0 unspecified atom stereocenters. The van der Waals surface area contributed by atoms with Crippen LogP contribution in [0.4, 0.5) is 11.4 Å². The van der Waals surface area contributed by atoms with Crippen LogP contribution in [0.25, 0.3) is 10.2 Å². The Balaban J connectivity index is 2.05. The van der Waals surface area contributed by atoms with Gasteiger partial charge in [-0.1, -0.05) is 0 Å². The van der Waals surface area contributed by atoms with Gasteiger partial charge in [-0.25, -0.2) is 4.79 Å². The third-order valence-electron chi connectivity index (χ3n) is 5.11. The number of rotatable bonds is 8. The van der Waals surface area contributed by atoms with E-state index in [9.17, 15) is 14.4 Å². The van der Waals surface area contributed by atoms with Crippen molar-refractivity contribution in [2.24, 2.45) is 0 Å². The summed E-state index contributed by atoms with van der Waals surface area (Å²) < 4.78 is 17.4. The third kappa shape index (κ3) is 4.80. The highest BCUT2D eigenvalue weighted by atomic mass is 32.1. The number of carbonyl (C=O) groups is 3. The molecule has 3 rings (SSSR count). The second-order valence-electron chi connectivity index (χ2n) is 7.29. The fourth-order valence-electron chi connectivity index (χ4n) is 3.57. The minimum atomic E-state index is -0.611. The van der Waals surface area contributed by atoms with Gasteiger partial charge in [0.15, 0.2) is 17.2 Å². The third-order valence-corrected chi connectivity index (χ3v) is 6.34. The molecule has 0 fully saturated rings. The van der Waals surface area contributed by atoms with Gasteiger partial charge in [0.05, 0.1) is 26.5 Å². The van der Waals surface area contributed by atoms with Crippen LogP contribution in [-0.4, -0.2) is 43.2 Å². The number of amides is 2. The molecule has 176 valence electrons. The predicted molar refractivity (Wildman–Crippen MR) is 128 cm³/mol. The van der Waals surface area contributed by atoms with E-state index in [1.807, 2.05) is 13.8 Å². The quantitative estimate of drug-likeness (QED) is 0.477. The number of ether oxygens (including phenoxy) is 3. The number of thiophene rings is 1. The number of carbonyl (C=O) groups excluding carboxylic acids is 3. The summed E-state index contributed by atoms with van der Waals surface area (Å²) in [4.78, 5) is 39.5. The van der Waals surface area contributed by atoms with Crippen LogP contribution in [-0.2, 0) is 20.9 Å². The van der Waals surface area contributed by atoms with Crippen LogP contribution in [0.5, 0.6) is 11.5 Å². The van der Waals surface area contributed by atoms with E-state index in [-0.39, 0.29) is 30.7 Å². The summed E-state index contributed by atoms with van der Waals surface area (Å²) in [7, 11) is 3.04. The number of anilines is 2. The molecule has 2 N–H and O–H groups in total. The van der Waals surface area contributed by atoms with Crippen molar-refractivity contribution in [3.8, 4) is 11.5 Å². The highest BCUT2D eigenvalue weighted by Gasteiger charge is 2.29. The van der Waals surface area contributed by atoms with E-state index in [1.54, 1.807) is 29.7 Å². The van der Waals surface area contributed by atoms with Crippen molar-refractivity contribution in [1.29, 1.82) is 0 Å². The number of nitrogens with zero attached hydrogens (tertiary/aromatic N) is 1. The highest BCUT2D eigenvalue weighted by molar-refractivity contribution is 7.19. The zero-order chi connectivity index (χ0) is 24.3. The smallest absolute Gasteiger partial charge is 0.357 e. The second kappa shape index (κ2) is 9.95. The molecule has 0 aliphatic rings. The Hall–Kier alpha value is -3.53. The molecule has 0 bridgehead atoms. The molecule has 0 saturated heterocycles. The monoisotopic (exact) mass is 473 g/mol. The number of aryl methyl sites for hydroxylation is 2. The normalized spacial score (nSPS) is 10.7. The fraction of sp³-hybridized carbons (Fsp3) is 0.348. The van der Waals surface area contributed by atoms with E-state index < -0.39 is 5.97 Å². The molecule has 0 atom stereocenters. The Morgan fingerprint density at radius 2 is 1.76 bits per heavy atom. The molecule has 0 spiro atoms. The summed E-state index contributed by atoms with van der Waals surface area (Å²) in [6.45, 7) is 6.95. The van der Waals surface area contributed by atoms with E-state index in [1.165, 1.54) is 32.5 Å².